The van der Waals surface area contributed by atoms with Gasteiger partial charge in [-0.15, -0.1) is 0 Å². The molecule has 4 heteroatoms. The highest BCUT2D eigenvalue weighted by molar-refractivity contribution is 5.81. The van der Waals surface area contributed by atoms with E-state index in [9.17, 15) is 9.59 Å². The fourth-order valence-electron chi connectivity index (χ4n) is 1.78. The van der Waals surface area contributed by atoms with Crippen molar-refractivity contribution in [3.63, 3.8) is 0 Å². The second kappa shape index (κ2) is 14.1. The summed E-state index contributed by atoms with van der Waals surface area (Å²) in [6.07, 6.45) is 11.6. The quantitative estimate of drug-likeness (QED) is 0.311. The third-order valence-electron chi connectivity index (χ3n) is 2.88. The van der Waals surface area contributed by atoms with Gasteiger partial charge in [-0.1, -0.05) is 51.5 Å². The molecule has 0 fully saturated rings. The summed E-state index contributed by atoms with van der Waals surface area (Å²) in [6.45, 7) is 4.19. The summed E-state index contributed by atoms with van der Waals surface area (Å²) in [7, 11) is 0. The van der Waals surface area contributed by atoms with Crippen LogP contribution >= 0.6 is 0 Å². The van der Waals surface area contributed by atoms with E-state index in [2.05, 4.69) is 6.92 Å². The van der Waals surface area contributed by atoms with Crippen LogP contribution in [0.3, 0.4) is 0 Å². The summed E-state index contributed by atoms with van der Waals surface area (Å²) in [5.74, 6) is -0.615. The van der Waals surface area contributed by atoms with Crippen molar-refractivity contribution < 1.29 is 19.1 Å². The average molecular weight is 284 g/mol. The molecule has 0 unspecified atom stereocenters. The molecule has 0 bridgehead atoms. The number of rotatable bonds is 12. The SMILES string of the molecule is CC=CC(=O)OCCOC(=O)CCCCCCCCC. The van der Waals surface area contributed by atoms with E-state index in [1.54, 1.807) is 13.0 Å². The van der Waals surface area contributed by atoms with Gasteiger partial charge in [0.05, 0.1) is 0 Å². The highest BCUT2D eigenvalue weighted by Gasteiger charge is 2.03. The summed E-state index contributed by atoms with van der Waals surface area (Å²) in [5.41, 5.74) is 0. The van der Waals surface area contributed by atoms with Gasteiger partial charge in [0.2, 0.25) is 0 Å². The number of carbonyl (C=O) groups is 2. The van der Waals surface area contributed by atoms with Crippen LogP contribution in [0.2, 0.25) is 0 Å². The Morgan fingerprint density at radius 2 is 1.50 bits per heavy atom. The molecule has 0 saturated heterocycles. The van der Waals surface area contributed by atoms with Crippen LogP contribution in [0.15, 0.2) is 12.2 Å². The van der Waals surface area contributed by atoms with Crippen molar-refractivity contribution in [2.45, 2.75) is 65.2 Å². The molecule has 0 aromatic heterocycles. The molecule has 20 heavy (non-hydrogen) atoms. The van der Waals surface area contributed by atoms with Crippen molar-refractivity contribution in [3.8, 4) is 0 Å². The molecule has 0 N–H and O–H groups in total. The second-order valence-electron chi connectivity index (χ2n) is 4.76. The Morgan fingerprint density at radius 1 is 0.900 bits per heavy atom. The summed E-state index contributed by atoms with van der Waals surface area (Å²) < 4.78 is 9.79. The molecule has 0 atom stereocenters. The van der Waals surface area contributed by atoms with Gasteiger partial charge in [-0.05, 0) is 13.3 Å². The maximum atomic E-state index is 11.4. The molecule has 0 amide bonds. The van der Waals surface area contributed by atoms with Gasteiger partial charge in [0.1, 0.15) is 13.2 Å². The third-order valence-corrected chi connectivity index (χ3v) is 2.88. The predicted octanol–water partition coefficient (Wildman–Crippen LogP) is 3.79. The molecule has 0 saturated carbocycles. The molecule has 0 aliphatic heterocycles. The van der Waals surface area contributed by atoms with E-state index in [0.29, 0.717) is 6.42 Å². The first-order valence-corrected chi connectivity index (χ1v) is 7.65. The minimum absolute atomic E-state index is 0.117. The van der Waals surface area contributed by atoms with Crippen molar-refractivity contribution in [1.29, 1.82) is 0 Å². The van der Waals surface area contributed by atoms with Crippen LogP contribution in [-0.4, -0.2) is 25.2 Å². The Kier molecular flexibility index (Phi) is 13.2. The highest BCUT2D eigenvalue weighted by atomic mass is 16.6. The molecule has 0 spiro atoms. The molecule has 0 aromatic rings. The second-order valence-corrected chi connectivity index (χ2v) is 4.76. The monoisotopic (exact) mass is 284 g/mol. The lowest BCUT2D eigenvalue weighted by atomic mass is 10.1. The lowest BCUT2D eigenvalue weighted by Crippen LogP contribution is -2.12. The van der Waals surface area contributed by atoms with Crippen LogP contribution in [0.1, 0.15) is 65.2 Å². The molecule has 0 aliphatic rings. The maximum Gasteiger partial charge on any atom is 0.330 e. The van der Waals surface area contributed by atoms with Crippen LogP contribution in [0, 0.1) is 0 Å². The zero-order chi connectivity index (χ0) is 15.1. The van der Waals surface area contributed by atoms with E-state index in [1.165, 1.54) is 38.2 Å². The Labute approximate surface area is 122 Å². The number of esters is 2. The van der Waals surface area contributed by atoms with Gasteiger partial charge < -0.3 is 9.47 Å². The van der Waals surface area contributed by atoms with Gasteiger partial charge in [-0.3, -0.25) is 4.79 Å². The zero-order valence-corrected chi connectivity index (χ0v) is 12.9. The molecule has 4 nitrogen and oxygen atoms in total. The van der Waals surface area contributed by atoms with Crippen LogP contribution < -0.4 is 0 Å². The minimum Gasteiger partial charge on any atom is -0.462 e. The molecular weight excluding hydrogens is 256 g/mol. The van der Waals surface area contributed by atoms with Gasteiger partial charge >= 0.3 is 11.9 Å². The summed E-state index contributed by atoms with van der Waals surface area (Å²) in [4.78, 5) is 22.3. The lowest BCUT2D eigenvalue weighted by molar-refractivity contribution is -0.149. The number of carbonyl (C=O) groups excluding carboxylic acids is 2. The van der Waals surface area contributed by atoms with E-state index in [0.717, 1.165) is 12.8 Å². The van der Waals surface area contributed by atoms with Crippen molar-refractivity contribution >= 4 is 11.9 Å². The van der Waals surface area contributed by atoms with Gasteiger partial charge in [-0.2, -0.15) is 0 Å². The number of hydrogen-bond acceptors (Lipinski definition) is 4. The number of ether oxygens (including phenoxy) is 2. The van der Waals surface area contributed by atoms with Crippen molar-refractivity contribution in [3.05, 3.63) is 12.2 Å². The standard InChI is InChI=1S/C16H28O4/c1-3-5-6-7-8-9-10-12-16(18)20-14-13-19-15(17)11-4-2/h4,11H,3,5-10,12-14H2,1-2H3. The Hall–Kier alpha value is -1.32. The number of unbranched alkanes of at least 4 members (excludes halogenated alkanes) is 6. The van der Waals surface area contributed by atoms with Gasteiger partial charge in [0.15, 0.2) is 0 Å². The van der Waals surface area contributed by atoms with E-state index >= 15 is 0 Å². The van der Waals surface area contributed by atoms with Crippen LogP contribution in [-0.2, 0) is 19.1 Å². The molecule has 0 aliphatic carbocycles. The minimum atomic E-state index is -0.407. The first-order chi connectivity index (χ1) is 9.70. The summed E-state index contributed by atoms with van der Waals surface area (Å²) >= 11 is 0. The van der Waals surface area contributed by atoms with E-state index in [4.69, 9.17) is 9.47 Å². The zero-order valence-electron chi connectivity index (χ0n) is 12.9. The smallest absolute Gasteiger partial charge is 0.330 e. The Bertz CT molecular complexity index is 284. The topological polar surface area (TPSA) is 52.6 Å². The van der Waals surface area contributed by atoms with Crippen molar-refractivity contribution in [2.75, 3.05) is 13.2 Å². The molecule has 0 heterocycles. The molecule has 0 rings (SSSR count). The molecular formula is C16H28O4. The fraction of sp³-hybridized carbons (Fsp3) is 0.750. The number of allylic oxidation sites excluding steroid dienone is 1. The van der Waals surface area contributed by atoms with Gasteiger partial charge in [0, 0.05) is 12.5 Å². The van der Waals surface area contributed by atoms with Gasteiger partial charge in [0.25, 0.3) is 0 Å². The largest absolute Gasteiger partial charge is 0.462 e. The average Bonchev–Trinajstić information content (AvgIpc) is 2.43. The summed E-state index contributed by atoms with van der Waals surface area (Å²) in [5, 5.41) is 0. The first kappa shape index (κ1) is 18.7. The van der Waals surface area contributed by atoms with Gasteiger partial charge in [-0.25, -0.2) is 4.79 Å². The summed E-state index contributed by atoms with van der Waals surface area (Å²) in [6, 6.07) is 0. The van der Waals surface area contributed by atoms with Crippen LogP contribution in [0.25, 0.3) is 0 Å². The Morgan fingerprint density at radius 3 is 2.15 bits per heavy atom. The van der Waals surface area contributed by atoms with Crippen molar-refractivity contribution in [1.82, 2.24) is 0 Å². The number of hydrogen-bond donors (Lipinski definition) is 0. The third kappa shape index (κ3) is 13.1. The molecule has 0 aromatic carbocycles. The predicted molar refractivity (Wildman–Crippen MR) is 79.3 cm³/mol. The Balaban J connectivity index is 3.31. The van der Waals surface area contributed by atoms with E-state index in [1.807, 2.05) is 0 Å². The van der Waals surface area contributed by atoms with E-state index in [-0.39, 0.29) is 19.2 Å². The first-order valence-electron chi connectivity index (χ1n) is 7.65. The van der Waals surface area contributed by atoms with E-state index < -0.39 is 5.97 Å². The van der Waals surface area contributed by atoms with Crippen LogP contribution in [0.5, 0.6) is 0 Å². The molecule has 0 radical (unpaired) electrons. The van der Waals surface area contributed by atoms with Crippen LogP contribution in [0.4, 0.5) is 0 Å². The lowest BCUT2D eigenvalue weighted by Gasteiger charge is -2.05. The molecule has 116 valence electrons. The highest BCUT2D eigenvalue weighted by Crippen LogP contribution is 2.08. The normalized spacial score (nSPS) is 10.7. The van der Waals surface area contributed by atoms with Crippen molar-refractivity contribution in [2.24, 2.45) is 0 Å². The fourth-order valence-corrected chi connectivity index (χ4v) is 1.78. The maximum absolute atomic E-state index is 11.4.